The second-order valence-corrected chi connectivity index (χ2v) is 5.43. The Balaban J connectivity index is 1.99. The molecular weight excluding hydrogens is 340 g/mol. The summed E-state index contributed by atoms with van der Waals surface area (Å²) in [6.45, 7) is 0.111. The molecule has 0 aliphatic heterocycles. The van der Waals surface area contributed by atoms with Gasteiger partial charge < -0.3 is 28.8 Å². The number of rotatable bonds is 8. The van der Waals surface area contributed by atoms with Crippen molar-refractivity contribution in [1.82, 2.24) is 10.2 Å². The van der Waals surface area contributed by atoms with Crippen molar-refractivity contribution >= 4 is 11.8 Å². The van der Waals surface area contributed by atoms with Gasteiger partial charge in [0.2, 0.25) is 5.91 Å². The Morgan fingerprint density at radius 1 is 1.08 bits per heavy atom. The molecule has 0 unspecified atom stereocenters. The van der Waals surface area contributed by atoms with Crippen LogP contribution in [-0.4, -0.2) is 51.6 Å². The van der Waals surface area contributed by atoms with Gasteiger partial charge in [-0.3, -0.25) is 9.59 Å². The molecule has 140 valence electrons. The highest BCUT2D eigenvalue weighted by molar-refractivity contribution is 5.94. The molecule has 2 rings (SSSR count). The molecule has 0 bridgehead atoms. The number of amides is 2. The molecule has 0 saturated carbocycles. The average Bonchev–Trinajstić information content (AvgIpc) is 3.19. The molecule has 1 aromatic heterocycles. The summed E-state index contributed by atoms with van der Waals surface area (Å²) in [5.41, 5.74) is 0.721. The van der Waals surface area contributed by atoms with Crippen LogP contribution in [0.25, 0.3) is 0 Å². The molecule has 1 heterocycles. The third kappa shape index (κ3) is 4.47. The summed E-state index contributed by atoms with van der Waals surface area (Å²) in [5, 5.41) is 2.75. The Labute approximate surface area is 151 Å². The summed E-state index contributed by atoms with van der Waals surface area (Å²) in [7, 11) is 6.12. The fourth-order valence-electron chi connectivity index (χ4n) is 2.36. The Morgan fingerprint density at radius 2 is 1.73 bits per heavy atom. The van der Waals surface area contributed by atoms with Gasteiger partial charge in [0, 0.05) is 25.2 Å². The number of ether oxygens (including phenoxy) is 3. The van der Waals surface area contributed by atoms with E-state index in [9.17, 15) is 9.59 Å². The number of methoxy groups -OCH3 is 3. The number of carbonyl (C=O) groups excluding carboxylic acids is 2. The van der Waals surface area contributed by atoms with Crippen LogP contribution < -0.4 is 19.5 Å². The van der Waals surface area contributed by atoms with Crippen molar-refractivity contribution in [3.8, 4) is 17.2 Å². The van der Waals surface area contributed by atoms with Crippen molar-refractivity contribution in [2.75, 3.05) is 34.9 Å². The highest BCUT2D eigenvalue weighted by Crippen LogP contribution is 2.34. The highest BCUT2D eigenvalue weighted by atomic mass is 16.5. The molecule has 0 saturated heterocycles. The molecule has 0 aliphatic carbocycles. The van der Waals surface area contributed by atoms with Crippen molar-refractivity contribution in [3.05, 3.63) is 41.9 Å². The molecule has 0 spiro atoms. The Hall–Kier alpha value is -3.16. The first-order valence-electron chi connectivity index (χ1n) is 7.84. The third-order valence-corrected chi connectivity index (χ3v) is 3.72. The van der Waals surface area contributed by atoms with E-state index in [4.69, 9.17) is 18.6 Å². The van der Waals surface area contributed by atoms with Gasteiger partial charge in [-0.15, -0.1) is 0 Å². The molecular formula is C18H22N2O6. The maximum absolute atomic E-state index is 12.1. The molecule has 8 nitrogen and oxygen atoms in total. The van der Waals surface area contributed by atoms with E-state index in [2.05, 4.69) is 5.32 Å². The smallest absolute Gasteiger partial charge is 0.289 e. The first kappa shape index (κ1) is 19.2. The summed E-state index contributed by atoms with van der Waals surface area (Å²) >= 11 is 0. The number of nitrogens with one attached hydrogen (secondary N) is 1. The highest BCUT2D eigenvalue weighted by Gasteiger charge is 2.18. The van der Waals surface area contributed by atoms with Crippen molar-refractivity contribution in [3.63, 3.8) is 0 Å². The van der Waals surface area contributed by atoms with E-state index >= 15 is 0 Å². The van der Waals surface area contributed by atoms with Crippen molar-refractivity contribution < 1.29 is 28.2 Å². The maximum atomic E-state index is 12.1. The van der Waals surface area contributed by atoms with Crippen LogP contribution in [0.3, 0.4) is 0 Å². The quantitative estimate of drug-likeness (QED) is 0.769. The van der Waals surface area contributed by atoms with Crippen molar-refractivity contribution in [1.29, 1.82) is 0 Å². The summed E-state index contributed by atoms with van der Waals surface area (Å²) in [6.07, 6.45) is 1.41. The van der Waals surface area contributed by atoms with Crippen LogP contribution in [0.5, 0.6) is 17.2 Å². The van der Waals surface area contributed by atoms with E-state index in [-0.39, 0.29) is 30.7 Å². The number of benzene rings is 1. The molecule has 1 aromatic carbocycles. The van der Waals surface area contributed by atoms with Crippen LogP contribution in [0.2, 0.25) is 0 Å². The van der Waals surface area contributed by atoms with Crippen LogP contribution in [-0.2, 0) is 11.3 Å². The molecule has 26 heavy (non-hydrogen) atoms. The Bertz CT molecular complexity index is 757. The number of furan rings is 1. The monoisotopic (exact) mass is 362 g/mol. The predicted octanol–water partition coefficient (Wildman–Crippen LogP) is 1.69. The van der Waals surface area contributed by atoms with Gasteiger partial charge >= 0.3 is 0 Å². The maximum Gasteiger partial charge on any atom is 0.289 e. The zero-order valence-electron chi connectivity index (χ0n) is 15.2. The molecule has 0 atom stereocenters. The minimum absolute atomic E-state index is 0.102. The van der Waals surface area contributed by atoms with Crippen LogP contribution in [0.1, 0.15) is 16.1 Å². The van der Waals surface area contributed by atoms with Crippen LogP contribution >= 0.6 is 0 Å². The second-order valence-electron chi connectivity index (χ2n) is 5.43. The first-order chi connectivity index (χ1) is 12.5. The van der Waals surface area contributed by atoms with E-state index < -0.39 is 0 Å². The Morgan fingerprint density at radius 3 is 2.31 bits per heavy atom. The lowest BCUT2D eigenvalue weighted by molar-refractivity contribution is -0.121. The average molecular weight is 362 g/mol. The van der Waals surface area contributed by atoms with Crippen LogP contribution in [0.4, 0.5) is 0 Å². The molecule has 0 aliphatic rings. The van der Waals surface area contributed by atoms with Gasteiger partial charge in [-0.05, 0) is 18.2 Å². The van der Waals surface area contributed by atoms with Gasteiger partial charge in [0.15, 0.2) is 17.3 Å². The Kier molecular flexibility index (Phi) is 6.48. The van der Waals surface area contributed by atoms with E-state index in [1.807, 2.05) is 0 Å². The van der Waals surface area contributed by atoms with Gasteiger partial charge in [0.05, 0.1) is 34.1 Å². The van der Waals surface area contributed by atoms with Gasteiger partial charge in [-0.1, -0.05) is 0 Å². The summed E-state index contributed by atoms with van der Waals surface area (Å²) in [5.74, 6) is 1.12. The number of hydrogen-bond acceptors (Lipinski definition) is 6. The van der Waals surface area contributed by atoms with Crippen molar-refractivity contribution in [2.24, 2.45) is 0 Å². The number of likely N-dealkylation sites (N-methyl/N-ethyl adjacent to an activating group) is 1. The molecule has 0 fully saturated rings. The molecule has 0 radical (unpaired) electrons. The van der Waals surface area contributed by atoms with Gasteiger partial charge in [-0.25, -0.2) is 0 Å². The van der Waals surface area contributed by atoms with E-state index in [0.717, 1.165) is 5.56 Å². The van der Waals surface area contributed by atoms with Crippen LogP contribution in [0.15, 0.2) is 34.9 Å². The summed E-state index contributed by atoms with van der Waals surface area (Å²) < 4.78 is 20.9. The molecule has 1 N–H and O–H groups in total. The van der Waals surface area contributed by atoms with E-state index in [0.29, 0.717) is 17.2 Å². The second kappa shape index (κ2) is 8.80. The standard InChI is InChI=1S/C18H22N2O6/c1-20(18(22)13-6-5-7-26-13)11-17(21)19-10-12-8-15(24-3)16(25-4)9-14(12)23-2/h5-9H,10-11H2,1-4H3,(H,19,21). The zero-order valence-corrected chi connectivity index (χ0v) is 15.2. The lowest BCUT2D eigenvalue weighted by Crippen LogP contribution is -2.38. The fraction of sp³-hybridized carbons (Fsp3) is 0.333. The van der Waals surface area contributed by atoms with Gasteiger partial charge in [0.25, 0.3) is 5.91 Å². The molecule has 2 aromatic rings. The summed E-state index contributed by atoms with van der Waals surface area (Å²) in [4.78, 5) is 25.5. The van der Waals surface area contributed by atoms with Crippen molar-refractivity contribution in [2.45, 2.75) is 6.54 Å². The van der Waals surface area contributed by atoms with E-state index in [1.165, 1.54) is 39.5 Å². The molecule has 8 heteroatoms. The zero-order chi connectivity index (χ0) is 19.1. The molecule has 2 amide bonds. The lowest BCUT2D eigenvalue weighted by Gasteiger charge is -2.17. The SMILES string of the molecule is COc1cc(OC)c(OC)cc1CNC(=O)CN(C)C(=O)c1ccco1. The van der Waals surface area contributed by atoms with Gasteiger partial charge in [0.1, 0.15) is 5.75 Å². The largest absolute Gasteiger partial charge is 0.496 e. The predicted molar refractivity (Wildman–Crippen MR) is 93.6 cm³/mol. The normalized spacial score (nSPS) is 10.2. The minimum atomic E-state index is -0.367. The summed E-state index contributed by atoms with van der Waals surface area (Å²) in [6, 6.07) is 6.58. The van der Waals surface area contributed by atoms with Crippen LogP contribution in [0, 0.1) is 0 Å². The van der Waals surface area contributed by atoms with Gasteiger partial charge in [-0.2, -0.15) is 0 Å². The topological polar surface area (TPSA) is 90.2 Å². The van der Waals surface area contributed by atoms with E-state index in [1.54, 1.807) is 24.3 Å². The minimum Gasteiger partial charge on any atom is -0.496 e. The number of carbonyl (C=O) groups is 2. The third-order valence-electron chi connectivity index (χ3n) is 3.72. The fourth-order valence-corrected chi connectivity index (χ4v) is 2.36. The first-order valence-corrected chi connectivity index (χ1v) is 7.84. The number of hydrogen-bond donors (Lipinski definition) is 1. The lowest BCUT2D eigenvalue weighted by atomic mass is 10.1. The number of nitrogens with zero attached hydrogens (tertiary/aromatic N) is 1.